The number of carbonyl (C=O) groups excluding carboxylic acids is 1. The van der Waals surface area contributed by atoms with Gasteiger partial charge in [-0.3, -0.25) is 4.79 Å². The van der Waals surface area contributed by atoms with Gasteiger partial charge in [0.25, 0.3) is 0 Å². The van der Waals surface area contributed by atoms with Gasteiger partial charge in [-0.2, -0.15) is 5.10 Å². The lowest BCUT2D eigenvalue weighted by molar-refractivity contribution is -0.122. The van der Waals surface area contributed by atoms with Crippen molar-refractivity contribution in [3.63, 3.8) is 0 Å². The lowest BCUT2D eigenvalue weighted by Gasteiger charge is -2.14. The van der Waals surface area contributed by atoms with Crippen LogP contribution < -0.4 is 10.6 Å². The monoisotopic (exact) mass is 334 g/mol. The first-order valence-electron chi connectivity index (χ1n) is 7.78. The van der Waals surface area contributed by atoms with Crippen molar-refractivity contribution in [1.29, 1.82) is 0 Å². The minimum atomic E-state index is -0.0409. The summed E-state index contributed by atoms with van der Waals surface area (Å²) in [5, 5.41) is 10.8. The Kier molecular flexibility index (Phi) is 5.80. The van der Waals surface area contributed by atoms with Gasteiger partial charge in [-0.15, -0.1) is 12.4 Å². The van der Waals surface area contributed by atoms with Crippen LogP contribution in [0.2, 0.25) is 0 Å². The highest BCUT2D eigenvalue weighted by molar-refractivity contribution is 5.85. The van der Waals surface area contributed by atoms with Crippen molar-refractivity contribution in [3.05, 3.63) is 47.3 Å². The highest BCUT2D eigenvalue weighted by atomic mass is 35.5. The molecule has 1 aliphatic rings. The average molecular weight is 335 g/mol. The van der Waals surface area contributed by atoms with Crippen molar-refractivity contribution < 1.29 is 4.79 Å². The van der Waals surface area contributed by atoms with Crippen molar-refractivity contribution in [2.24, 2.45) is 0 Å². The summed E-state index contributed by atoms with van der Waals surface area (Å²) in [6, 6.07) is 10.1. The van der Waals surface area contributed by atoms with Gasteiger partial charge in [0.05, 0.1) is 17.4 Å². The van der Waals surface area contributed by atoms with Crippen LogP contribution >= 0.6 is 12.4 Å². The second-order valence-corrected chi connectivity index (χ2v) is 5.83. The first kappa shape index (κ1) is 17.5. The Bertz CT molecular complexity index is 677. The molecular formula is C17H23ClN4O. The van der Waals surface area contributed by atoms with E-state index in [1.54, 1.807) is 0 Å². The van der Waals surface area contributed by atoms with Gasteiger partial charge < -0.3 is 10.6 Å². The Balaban J connectivity index is 0.00000192. The molecule has 6 heteroatoms. The second-order valence-electron chi connectivity index (χ2n) is 5.83. The van der Waals surface area contributed by atoms with Crippen LogP contribution in [0, 0.1) is 13.8 Å². The van der Waals surface area contributed by atoms with Crippen LogP contribution in [0.5, 0.6) is 0 Å². The van der Waals surface area contributed by atoms with Gasteiger partial charge in [-0.25, -0.2) is 4.68 Å². The molecule has 1 aromatic heterocycles. The van der Waals surface area contributed by atoms with Gasteiger partial charge in [0, 0.05) is 12.2 Å². The number of aromatic nitrogens is 2. The molecule has 2 heterocycles. The Morgan fingerprint density at radius 3 is 2.83 bits per heavy atom. The number of carbonyl (C=O) groups is 1. The highest BCUT2D eigenvalue weighted by Gasteiger charge is 2.21. The topological polar surface area (TPSA) is 59.0 Å². The Morgan fingerprint density at radius 1 is 1.39 bits per heavy atom. The fourth-order valence-corrected chi connectivity index (χ4v) is 2.95. The van der Waals surface area contributed by atoms with E-state index in [1.165, 1.54) is 0 Å². The zero-order valence-electron chi connectivity index (χ0n) is 13.5. The third-order valence-electron chi connectivity index (χ3n) is 4.06. The van der Waals surface area contributed by atoms with E-state index in [9.17, 15) is 4.79 Å². The number of aryl methyl sites for hydroxylation is 2. The zero-order chi connectivity index (χ0) is 15.5. The number of halogens is 1. The SMILES string of the molecule is Cc1cc(C)n(-c2ccccc2CNC(=O)C2CCCN2)n1.Cl. The maximum Gasteiger partial charge on any atom is 0.237 e. The van der Waals surface area contributed by atoms with Crippen LogP contribution in [-0.4, -0.2) is 28.3 Å². The molecule has 124 valence electrons. The van der Waals surface area contributed by atoms with Gasteiger partial charge in [-0.1, -0.05) is 18.2 Å². The molecular weight excluding hydrogens is 312 g/mol. The van der Waals surface area contributed by atoms with E-state index < -0.39 is 0 Å². The summed E-state index contributed by atoms with van der Waals surface area (Å²) in [5.41, 5.74) is 4.17. The molecule has 0 radical (unpaired) electrons. The third-order valence-corrected chi connectivity index (χ3v) is 4.06. The number of amides is 1. The molecule has 1 aliphatic heterocycles. The van der Waals surface area contributed by atoms with E-state index in [0.717, 1.165) is 42.0 Å². The lowest BCUT2D eigenvalue weighted by Crippen LogP contribution is -2.40. The molecule has 2 N–H and O–H groups in total. The van der Waals surface area contributed by atoms with Crippen molar-refractivity contribution in [1.82, 2.24) is 20.4 Å². The standard InChI is InChI=1S/C17H22N4O.ClH/c1-12-10-13(2)21(20-12)16-8-4-3-6-14(16)11-19-17(22)15-7-5-9-18-15;/h3-4,6,8,10,15,18H,5,7,9,11H2,1-2H3,(H,19,22);1H. The molecule has 0 aliphatic carbocycles. The fourth-order valence-electron chi connectivity index (χ4n) is 2.95. The molecule has 1 fully saturated rings. The van der Waals surface area contributed by atoms with Gasteiger partial charge in [-0.05, 0) is 50.9 Å². The van der Waals surface area contributed by atoms with E-state index >= 15 is 0 Å². The maximum atomic E-state index is 12.1. The number of benzene rings is 1. The quantitative estimate of drug-likeness (QED) is 0.902. The van der Waals surface area contributed by atoms with Crippen molar-refractivity contribution >= 4 is 18.3 Å². The minimum Gasteiger partial charge on any atom is -0.351 e. The summed E-state index contributed by atoms with van der Waals surface area (Å²) in [5.74, 6) is 0.0840. The largest absolute Gasteiger partial charge is 0.351 e. The maximum absolute atomic E-state index is 12.1. The highest BCUT2D eigenvalue weighted by Crippen LogP contribution is 2.17. The Labute approximate surface area is 142 Å². The van der Waals surface area contributed by atoms with Crippen LogP contribution in [0.25, 0.3) is 5.69 Å². The summed E-state index contributed by atoms with van der Waals surface area (Å²) >= 11 is 0. The van der Waals surface area contributed by atoms with E-state index in [1.807, 2.05) is 42.8 Å². The van der Waals surface area contributed by atoms with E-state index in [-0.39, 0.29) is 24.4 Å². The molecule has 5 nitrogen and oxygen atoms in total. The van der Waals surface area contributed by atoms with Crippen LogP contribution in [-0.2, 0) is 11.3 Å². The van der Waals surface area contributed by atoms with Gasteiger partial charge in [0.2, 0.25) is 5.91 Å². The fraction of sp³-hybridized carbons (Fsp3) is 0.412. The number of nitrogens with one attached hydrogen (secondary N) is 2. The number of nitrogens with zero attached hydrogens (tertiary/aromatic N) is 2. The molecule has 0 saturated carbocycles. The first-order valence-corrected chi connectivity index (χ1v) is 7.78. The summed E-state index contributed by atoms with van der Waals surface area (Å²) in [6.07, 6.45) is 1.99. The number of hydrogen-bond donors (Lipinski definition) is 2. The normalized spacial score (nSPS) is 16.9. The van der Waals surface area contributed by atoms with Gasteiger partial charge >= 0.3 is 0 Å². The van der Waals surface area contributed by atoms with Crippen molar-refractivity contribution in [2.75, 3.05) is 6.54 Å². The molecule has 3 rings (SSSR count). The predicted molar refractivity (Wildman–Crippen MR) is 93.2 cm³/mol. The van der Waals surface area contributed by atoms with E-state index in [4.69, 9.17) is 0 Å². The summed E-state index contributed by atoms with van der Waals surface area (Å²) < 4.78 is 1.94. The lowest BCUT2D eigenvalue weighted by atomic mass is 10.1. The van der Waals surface area contributed by atoms with E-state index in [2.05, 4.69) is 21.8 Å². The summed E-state index contributed by atoms with van der Waals surface area (Å²) in [7, 11) is 0. The average Bonchev–Trinajstić information content (AvgIpc) is 3.15. The molecule has 0 spiro atoms. The van der Waals surface area contributed by atoms with Crippen molar-refractivity contribution in [3.8, 4) is 5.69 Å². The second kappa shape index (κ2) is 7.62. The van der Waals surface area contributed by atoms with Crippen LogP contribution in [0.15, 0.2) is 30.3 Å². The third kappa shape index (κ3) is 3.92. The Hall–Kier alpha value is -1.85. The summed E-state index contributed by atoms with van der Waals surface area (Å²) in [4.78, 5) is 12.1. The summed E-state index contributed by atoms with van der Waals surface area (Å²) in [6.45, 7) is 5.48. The van der Waals surface area contributed by atoms with Crippen LogP contribution in [0.4, 0.5) is 0 Å². The number of para-hydroxylation sites is 1. The molecule has 0 bridgehead atoms. The predicted octanol–water partition coefficient (Wildman–Crippen LogP) is 2.28. The van der Waals surface area contributed by atoms with Gasteiger partial charge in [0.15, 0.2) is 0 Å². The molecule has 1 unspecified atom stereocenters. The molecule has 2 aromatic rings. The first-order chi connectivity index (χ1) is 10.6. The minimum absolute atomic E-state index is 0. The molecule has 1 aromatic carbocycles. The number of rotatable bonds is 4. The van der Waals surface area contributed by atoms with Crippen molar-refractivity contribution in [2.45, 2.75) is 39.3 Å². The number of hydrogen-bond acceptors (Lipinski definition) is 3. The van der Waals surface area contributed by atoms with Gasteiger partial charge in [0.1, 0.15) is 0 Å². The molecule has 1 atom stereocenters. The smallest absolute Gasteiger partial charge is 0.237 e. The Morgan fingerprint density at radius 2 is 2.17 bits per heavy atom. The molecule has 1 saturated heterocycles. The molecule has 23 heavy (non-hydrogen) atoms. The molecule has 1 amide bonds. The van der Waals surface area contributed by atoms with Crippen LogP contribution in [0.3, 0.4) is 0 Å². The van der Waals surface area contributed by atoms with E-state index in [0.29, 0.717) is 6.54 Å². The zero-order valence-corrected chi connectivity index (χ0v) is 14.3. The van der Waals surface area contributed by atoms with Crippen LogP contribution in [0.1, 0.15) is 29.8 Å².